The van der Waals surface area contributed by atoms with Crippen molar-refractivity contribution in [2.45, 2.75) is 0 Å². The molecule has 2 radical (unpaired) electrons. The molecule has 0 amide bonds. The van der Waals surface area contributed by atoms with Gasteiger partial charge >= 0.3 is 9.76 Å². The van der Waals surface area contributed by atoms with Gasteiger partial charge in [-0.05, 0) is 0 Å². The molecule has 0 bridgehead atoms. The van der Waals surface area contributed by atoms with E-state index in [0.29, 0.717) is 0 Å². The summed E-state index contributed by atoms with van der Waals surface area (Å²) in [6, 6.07) is 0. The number of rotatable bonds is 1. The van der Waals surface area contributed by atoms with E-state index in [4.69, 9.17) is 6.42 Å². The van der Waals surface area contributed by atoms with Crippen LogP contribution in [0.2, 0.25) is 0 Å². The Balaban J connectivity index is 2.78. The summed E-state index contributed by atoms with van der Waals surface area (Å²) in [5.41, 5.74) is 2.23. The van der Waals surface area contributed by atoms with Crippen LogP contribution in [0.3, 0.4) is 0 Å². The quantitative estimate of drug-likeness (QED) is 0.248. The fourth-order valence-electron chi connectivity index (χ4n) is 0.0589. The molecule has 0 aromatic carbocycles. The SMILES string of the molecule is C#CO[Si]C#C. The Morgan fingerprint density at radius 3 is 2.33 bits per heavy atom. The van der Waals surface area contributed by atoms with Crippen LogP contribution >= 0.6 is 0 Å². The van der Waals surface area contributed by atoms with Crippen LogP contribution in [0.15, 0.2) is 0 Å². The van der Waals surface area contributed by atoms with Crippen molar-refractivity contribution in [3.63, 3.8) is 0 Å². The van der Waals surface area contributed by atoms with Gasteiger partial charge in [-0.25, -0.2) is 0 Å². The highest BCUT2D eigenvalue weighted by atomic mass is 28.2. The molecule has 0 aromatic rings. The predicted molar refractivity (Wildman–Crippen MR) is 24.5 cm³/mol. The molecule has 0 aliphatic heterocycles. The molecule has 2 heteroatoms. The van der Waals surface area contributed by atoms with Crippen LogP contribution in [0.25, 0.3) is 0 Å². The minimum Gasteiger partial charge on any atom is -0.482 e. The van der Waals surface area contributed by atoms with Crippen LogP contribution in [0.5, 0.6) is 0 Å². The van der Waals surface area contributed by atoms with E-state index in [-0.39, 0.29) is 9.76 Å². The van der Waals surface area contributed by atoms with Gasteiger partial charge in [-0.2, -0.15) is 0 Å². The van der Waals surface area contributed by atoms with E-state index < -0.39 is 0 Å². The monoisotopic (exact) mass is 94.0 g/mol. The predicted octanol–water partition coefficient (Wildman–Crippen LogP) is -0.196. The van der Waals surface area contributed by atoms with Crippen molar-refractivity contribution in [2.75, 3.05) is 0 Å². The molecule has 0 fully saturated rings. The minimum absolute atomic E-state index is 0.00656. The maximum absolute atomic E-state index is 4.76. The molecule has 0 saturated carbocycles. The van der Waals surface area contributed by atoms with Crippen LogP contribution in [-0.4, -0.2) is 9.76 Å². The molecule has 0 unspecified atom stereocenters. The first-order chi connectivity index (χ1) is 2.91. The average molecular weight is 94.1 g/mol. The topological polar surface area (TPSA) is 9.23 Å². The van der Waals surface area contributed by atoms with E-state index in [1.54, 1.807) is 0 Å². The summed E-state index contributed by atoms with van der Waals surface area (Å²) >= 11 is 0. The van der Waals surface area contributed by atoms with Crippen molar-refractivity contribution in [1.82, 2.24) is 0 Å². The van der Waals surface area contributed by atoms with Crippen molar-refractivity contribution in [3.05, 3.63) is 0 Å². The molecule has 0 saturated heterocycles. The third kappa shape index (κ3) is 3.14. The van der Waals surface area contributed by atoms with Gasteiger partial charge in [0, 0.05) is 0 Å². The van der Waals surface area contributed by atoms with E-state index in [1.807, 2.05) is 6.11 Å². The fraction of sp³-hybridized carbons (Fsp3) is 0. The van der Waals surface area contributed by atoms with Crippen LogP contribution in [-0.2, 0) is 4.43 Å². The van der Waals surface area contributed by atoms with Gasteiger partial charge in [0.25, 0.3) is 0 Å². The van der Waals surface area contributed by atoms with E-state index in [1.165, 1.54) is 0 Å². The first kappa shape index (κ1) is 5.14. The van der Waals surface area contributed by atoms with Crippen molar-refractivity contribution in [3.8, 4) is 24.5 Å². The van der Waals surface area contributed by atoms with Gasteiger partial charge in [-0.3, -0.25) is 0 Å². The molecule has 28 valence electrons. The van der Waals surface area contributed by atoms with E-state index >= 15 is 0 Å². The first-order valence-electron chi connectivity index (χ1n) is 1.24. The maximum atomic E-state index is 4.76. The minimum atomic E-state index is 0.00656. The molecule has 0 N–H and O–H groups in total. The van der Waals surface area contributed by atoms with Crippen molar-refractivity contribution >= 4 is 9.76 Å². The summed E-state index contributed by atoms with van der Waals surface area (Å²) in [5, 5.41) is 0. The molecule has 0 aliphatic rings. The second-order valence-corrected chi connectivity index (χ2v) is 1.16. The highest BCUT2D eigenvalue weighted by molar-refractivity contribution is 6.38. The molecule has 0 aliphatic carbocycles. The van der Waals surface area contributed by atoms with Crippen LogP contribution in [0.4, 0.5) is 0 Å². The first-order valence-corrected chi connectivity index (χ1v) is 2.14. The zero-order valence-corrected chi connectivity index (χ0v) is 4.06. The molecule has 0 atom stereocenters. The Morgan fingerprint density at radius 2 is 2.17 bits per heavy atom. The van der Waals surface area contributed by atoms with E-state index in [2.05, 4.69) is 16.4 Å². The maximum Gasteiger partial charge on any atom is 0.427 e. The van der Waals surface area contributed by atoms with Crippen molar-refractivity contribution in [2.24, 2.45) is 0 Å². The Kier molecular flexibility index (Phi) is 3.54. The molecule has 6 heavy (non-hydrogen) atoms. The smallest absolute Gasteiger partial charge is 0.427 e. The molecule has 0 spiro atoms. The Labute approximate surface area is 39.6 Å². The third-order valence-corrected chi connectivity index (χ3v) is 0.507. The van der Waals surface area contributed by atoms with Crippen LogP contribution in [0, 0.1) is 24.5 Å². The summed E-state index contributed by atoms with van der Waals surface area (Å²) in [6.45, 7) is 0. The van der Waals surface area contributed by atoms with Crippen molar-refractivity contribution < 1.29 is 4.43 Å². The molecular weight excluding hydrogens is 92.1 g/mol. The van der Waals surface area contributed by atoms with Gasteiger partial charge in [-0.1, -0.05) is 12.0 Å². The van der Waals surface area contributed by atoms with Gasteiger partial charge in [0.1, 0.15) is 0 Å². The zero-order chi connectivity index (χ0) is 4.83. The summed E-state index contributed by atoms with van der Waals surface area (Å²) in [6.07, 6.45) is 11.3. The zero-order valence-electron chi connectivity index (χ0n) is 3.06. The van der Waals surface area contributed by atoms with Gasteiger partial charge in [0.2, 0.25) is 0 Å². The molecular formula is C4H2OSi. The summed E-state index contributed by atoms with van der Waals surface area (Å²) in [4.78, 5) is 0. The van der Waals surface area contributed by atoms with Gasteiger partial charge in [0.05, 0.1) is 6.11 Å². The number of terminal acetylenes is 2. The largest absolute Gasteiger partial charge is 0.482 e. The van der Waals surface area contributed by atoms with E-state index in [9.17, 15) is 0 Å². The average Bonchev–Trinajstić information content (AvgIpc) is 1.61. The second kappa shape index (κ2) is 4.14. The van der Waals surface area contributed by atoms with Crippen molar-refractivity contribution in [1.29, 1.82) is 0 Å². The molecule has 0 heterocycles. The lowest BCUT2D eigenvalue weighted by Crippen LogP contribution is -1.84. The van der Waals surface area contributed by atoms with E-state index in [0.717, 1.165) is 0 Å². The Hall–Kier alpha value is -0.863. The lowest BCUT2D eigenvalue weighted by Gasteiger charge is -1.75. The summed E-state index contributed by atoms with van der Waals surface area (Å²) in [5.74, 6) is 0. The number of hydrogen-bond donors (Lipinski definition) is 0. The molecule has 1 nitrogen and oxygen atoms in total. The van der Waals surface area contributed by atoms with Crippen LogP contribution < -0.4 is 0 Å². The lowest BCUT2D eigenvalue weighted by atomic mass is 11.3. The Morgan fingerprint density at radius 1 is 1.50 bits per heavy atom. The Bertz CT molecular complexity index is 81.1. The standard InChI is InChI=1S/C4H2OSi/c1-3-5-6-4-2/h1-2H. The summed E-state index contributed by atoms with van der Waals surface area (Å²) in [7, 11) is 0.00656. The second-order valence-electron chi connectivity index (χ2n) is 0.466. The number of hydrogen-bond acceptors (Lipinski definition) is 1. The van der Waals surface area contributed by atoms with Gasteiger partial charge < -0.3 is 4.43 Å². The normalized spacial score (nSPS) is 5.00. The fourth-order valence-corrected chi connectivity index (χ4v) is 0.177. The summed E-state index contributed by atoms with van der Waals surface area (Å²) < 4.78 is 4.30. The third-order valence-electron chi connectivity index (χ3n) is 0.169. The molecule has 0 aromatic heterocycles. The highest BCUT2D eigenvalue weighted by Gasteiger charge is 1.71. The highest BCUT2D eigenvalue weighted by Crippen LogP contribution is 1.54. The van der Waals surface area contributed by atoms with Gasteiger partial charge in [-0.15, -0.1) is 6.42 Å². The molecule has 0 rings (SSSR count). The van der Waals surface area contributed by atoms with Crippen LogP contribution in [0.1, 0.15) is 0 Å². The lowest BCUT2D eigenvalue weighted by molar-refractivity contribution is 0.569. The van der Waals surface area contributed by atoms with Gasteiger partial charge in [0.15, 0.2) is 0 Å².